The van der Waals surface area contributed by atoms with Gasteiger partial charge in [0.15, 0.2) is 11.6 Å². The number of halogens is 2. The number of rotatable bonds is 3. The van der Waals surface area contributed by atoms with Crippen molar-refractivity contribution in [2.45, 2.75) is 13.5 Å². The van der Waals surface area contributed by atoms with Crippen molar-refractivity contribution in [2.75, 3.05) is 5.32 Å². The lowest BCUT2D eigenvalue weighted by Gasteiger charge is -2.07. The predicted octanol–water partition coefficient (Wildman–Crippen LogP) is 2.62. The molecular formula is C12H13F2N3. The van der Waals surface area contributed by atoms with Crippen LogP contribution in [-0.2, 0) is 13.6 Å². The zero-order valence-electron chi connectivity index (χ0n) is 9.67. The molecule has 2 rings (SSSR count). The van der Waals surface area contributed by atoms with Crippen molar-refractivity contribution in [3.05, 3.63) is 47.2 Å². The lowest BCUT2D eigenvalue weighted by Crippen LogP contribution is -2.06. The number of nitrogens with one attached hydrogen (secondary N) is 1. The van der Waals surface area contributed by atoms with Crippen LogP contribution in [0.5, 0.6) is 0 Å². The van der Waals surface area contributed by atoms with Gasteiger partial charge >= 0.3 is 0 Å². The summed E-state index contributed by atoms with van der Waals surface area (Å²) < 4.78 is 28.0. The van der Waals surface area contributed by atoms with Crippen LogP contribution in [0, 0.1) is 18.6 Å². The van der Waals surface area contributed by atoms with Crippen molar-refractivity contribution in [1.82, 2.24) is 9.78 Å². The molecule has 17 heavy (non-hydrogen) atoms. The highest BCUT2D eigenvalue weighted by molar-refractivity contribution is 5.38. The number of nitrogens with zero attached hydrogens (tertiary/aromatic N) is 2. The van der Waals surface area contributed by atoms with Gasteiger partial charge in [-0.25, -0.2) is 8.78 Å². The van der Waals surface area contributed by atoms with E-state index < -0.39 is 11.6 Å². The minimum absolute atomic E-state index is 0.225. The molecule has 3 nitrogen and oxygen atoms in total. The molecule has 1 N–H and O–H groups in total. The molecule has 0 bridgehead atoms. The van der Waals surface area contributed by atoms with E-state index in [-0.39, 0.29) is 6.54 Å². The Morgan fingerprint density at radius 2 is 2.12 bits per heavy atom. The van der Waals surface area contributed by atoms with Crippen molar-refractivity contribution < 1.29 is 8.78 Å². The van der Waals surface area contributed by atoms with Gasteiger partial charge < -0.3 is 5.32 Å². The maximum atomic E-state index is 13.4. The summed E-state index contributed by atoms with van der Waals surface area (Å²) in [5, 5.41) is 7.16. The first kappa shape index (κ1) is 11.6. The zero-order chi connectivity index (χ0) is 12.4. The molecule has 0 amide bonds. The van der Waals surface area contributed by atoms with Gasteiger partial charge in [-0.3, -0.25) is 4.68 Å². The highest BCUT2D eigenvalue weighted by Gasteiger charge is 2.08. The molecule has 0 radical (unpaired) electrons. The Kier molecular flexibility index (Phi) is 3.08. The SMILES string of the molecule is Cc1cc(NCc2cccc(F)c2F)n(C)n1. The maximum absolute atomic E-state index is 13.4. The van der Waals surface area contributed by atoms with Gasteiger partial charge in [0.2, 0.25) is 0 Å². The van der Waals surface area contributed by atoms with E-state index in [1.807, 2.05) is 13.0 Å². The van der Waals surface area contributed by atoms with Crippen molar-refractivity contribution in [3.8, 4) is 0 Å². The minimum Gasteiger partial charge on any atom is -0.366 e. The standard InChI is InChI=1S/C12H13F2N3/c1-8-6-11(17(2)16-8)15-7-9-4-3-5-10(13)12(9)14/h3-6,15H,7H2,1-2H3. The number of hydrogen-bond acceptors (Lipinski definition) is 2. The highest BCUT2D eigenvalue weighted by atomic mass is 19.2. The summed E-state index contributed by atoms with van der Waals surface area (Å²) in [5.41, 5.74) is 1.17. The van der Waals surface area contributed by atoms with E-state index >= 15 is 0 Å². The van der Waals surface area contributed by atoms with E-state index in [1.165, 1.54) is 6.07 Å². The molecule has 0 aliphatic rings. The van der Waals surface area contributed by atoms with Gasteiger partial charge in [0.25, 0.3) is 0 Å². The Bertz CT molecular complexity index is 535. The third kappa shape index (κ3) is 2.43. The number of anilines is 1. The largest absolute Gasteiger partial charge is 0.366 e. The average molecular weight is 237 g/mol. The maximum Gasteiger partial charge on any atom is 0.163 e. The van der Waals surface area contributed by atoms with Gasteiger partial charge in [0.1, 0.15) is 5.82 Å². The smallest absolute Gasteiger partial charge is 0.163 e. The molecule has 90 valence electrons. The molecule has 1 aromatic carbocycles. The van der Waals surface area contributed by atoms with Crippen LogP contribution in [0.25, 0.3) is 0 Å². The second-order valence-corrected chi connectivity index (χ2v) is 3.86. The van der Waals surface area contributed by atoms with Crippen LogP contribution in [0.2, 0.25) is 0 Å². The zero-order valence-corrected chi connectivity index (χ0v) is 9.67. The molecule has 1 heterocycles. The van der Waals surface area contributed by atoms with Crippen LogP contribution in [0.4, 0.5) is 14.6 Å². The number of aromatic nitrogens is 2. The van der Waals surface area contributed by atoms with Gasteiger partial charge in [-0.15, -0.1) is 0 Å². The first-order valence-corrected chi connectivity index (χ1v) is 5.25. The second-order valence-electron chi connectivity index (χ2n) is 3.86. The van der Waals surface area contributed by atoms with Crippen LogP contribution in [0.15, 0.2) is 24.3 Å². The molecule has 5 heteroatoms. The van der Waals surface area contributed by atoms with Crippen LogP contribution < -0.4 is 5.32 Å². The van der Waals surface area contributed by atoms with E-state index in [9.17, 15) is 8.78 Å². The molecule has 0 saturated heterocycles. The summed E-state index contributed by atoms with van der Waals surface area (Å²) in [7, 11) is 1.79. The first-order chi connectivity index (χ1) is 8.08. The van der Waals surface area contributed by atoms with Crippen LogP contribution in [-0.4, -0.2) is 9.78 Å². The normalized spacial score (nSPS) is 10.6. The van der Waals surface area contributed by atoms with E-state index in [1.54, 1.807) is 17.8 Å². The van der Waals surface area contributed by atoms with Gasteiger partial charge in [0, 0.05) is 25.2 Å². The van der Waals surface area contributed by atoms with E-state index in [4.69, 9.17) is 0 Å². The van der Waals surface area contributed by atoms with Crippen LogP contribution >= 0.6 is 0 Å². The summed E-state index contributed by atoms with van der Waals surface area (Å²) in [6, 6.07) is 5.99. The number of hydrogen-bond donors (Lipinski definition) is 1. The topological polar surface area (TPSA) is 29.9 Å². The second kappa shape index (κ2) is 4.53. The average Bonchev–Trinajstić information content (AvgIpc) is 2.60. The highest BCUT2D eigenvalue weighted by Crippen LogP contribution is 2.14. The van der Waals surface area contributed by atoms with E-state index in [0.29, 0.717) is 5.56 Å². The summed E-state index contributed by atoms with van der Waals surface area (Å²) in [6.07, 6.45) is 0. The van der Waals surface area contributed by atoms with Gasteiger partial charge in [-0.05, 0) is 13.0 Å². The van der Waals surface area contributed by atoms with Crippen LogP contribution in [0.3, 0.4) is 0 Å². The number of aryl methyl sites for hydroxylation is 2. The molecule has 0 aliphatic heterocycles. The van der Waals surface area contributed by atoms with E-state index in [0.717, 1.165) is 17.6 Å². The van der Waals surface area contributed by atoms with Crippen molar-refractivity contribution >= 4 is 5.82 Å². The van der Waals surface area contributed by atoms with Crippen molar-refractivity contribution in [2.24, 2.45) is 7.05 Å². The fourth-order valence-electron chi connectivity index (χ4n) is 1.65. The summed E-state index contributed by atoms with van der Waals surface area (Å²) >= 11 is 0. The molecule has 0 fully saturated rings. The Morgan fingerprint density at radius 1 is 1.35 bits per heavy atom. The monoisotopic (exact) mass is 237 g/mol. The molecule has 0 unspecified atom stereocenters. The third-order valence-corrected chi connectivity index (χ3v) is 2.49. The number of benzene rings is 1. The Balaban J connectivity index is 2.12. The summed E-state index contributed by atoms with van der Waals surface area (Å²) in [6.45, 7) is 2.09. The Labute approximate surface area is 98.1 Å². The summed E-state index contributed by atoms with van der Waals surface area (Å²) in [5.74, 6) is -0.865. The van der Waals surface area contributed by atoms with E-state index in [2.05, 4.69) is 10.4 Å². The minimum atomic E-state index is -0.828. The van der Waals surface area contributed by atoms with Crippen molar-refractivity contribution in [1.29, 1.82) is 0 Å². The fourth-order valence-corrected chi connectivity index (χ4v) is 1.65. The lowest BCUT2D eigenvalue weighted by atomic mass is 10.2. The first-order valence-electron chi connectivity index (χ1n) is 5.25. The fraction of sp³-hybridized carbons (Fsp3) is 0.250. The molecule has 2 aromatic rings. The van der Waals surface area contributed by atoms with Gasteiger partial charge in [-0.1, -0.05) is 12.1 Å². The Hall–Kier alpha value is -1.91. The van der Waals surface area contributed by atoms with Gasteiger partial charge in [0.05, 0.1) is 5.69 Å². The molecular weight excluding hydrogens is 224 g/mol. The third-order valence-electron chi connectivity index (χ3n) is 2.49. The van der Waals surface area contributed by atoms with Gasteiger partial charge in [-0.2, -0.15) is 5.10 Å². The summed E-state index contributed by atoms with van der Waals surface area (Å²) in [4.78, 5) is 0. The molecule has 0 aliphatic carbocycles. The molecule has 0 atom stereocenters. The van der Waals surface area contributed by atoms with Crippen LogP contribution in [0.1, 0.15) is 11.3 Å². The molecule has 0 spiro atoms. The Morgan fingerprint density at radius 3 is 2.76 bits per heavy atom. The molecule has 1 aromatic heterocycles. The molecule has 0 saturated carbocycles. The predicted molar refractivity (Wildman–Crippen MR) is 61.6 cm³/mol. The van der Waals surface area contributed by atoms with Crippen molar-refractivity contribution in [3.63, 3.8) is 0 Å². The quantitative estimate of drug-likeness (QED) is 0.889. The lowest BCUT2D eigenvalue weighted by molar-refractivity contribution is 0.500.